The van der Waals surface area contributed by atoms with E-state index >= 15 is 0 Å². The van der Waals surface area contributed by atoms with E-state index in [0.29, 0.717) is 18.7 Å². The number of piperidine rings is 5. The van der Waals surface area contributed by atoms with Crippen molar-refractivity contribution >= 4 is 41.6 Å². The van der Waals surface area contributed by atoms with E-state index in [2.05, 4.69) is 319 Å². The molecule has 0 unspecified atom stereocenters. The molecule has 5 aliphatic heterocycles. The normalized spacial score (nSPS) is 19.7. The van der Waals surface area contributed by atoms with Gasteiger partial charge in [-0.15, -0.1) is 0 Å². The van der Waals surface area contributed by atoms with Gasteiger partial charge in [-0.2, -0.15) is 70.2 Å². The SMILES string of the molecule is CCCCN(CCCC)c1nc(CN(CCCCCCN(C)C2CC(C)(C)N(OCCC)C(C)(C)C2)C2CC(C)(C)N(OCCC)C(C)(C)C2)nc(N(CCCC)CCCC)n1.CCCCN(CCCC)c1nc(N(CCCC)CCCC)nc(N(CCCCCCN(c2nc(C)nc(N(CCCC)C3CC(C)(C)N(OCCC)C(C)(C)C3)n2)C2CC(C)(C)N(OCCC)C(C)(C)C2)C2CC(C)(C)N(OCCC)C(C)(C)C2)n1. The highest BCUT2D eigenvalue weighted by atomic mass is 16.7. The van der Waals surface area contributed by atoms with Gasteiger partial charge < -0.3 is 39.2 Å². The molecule has 28 nitrogen and oxygen atoms in total. The molecule has 0 saturated carbocycles. The van der Waals surface area contributed by atoms with Crippen molar-refractivity contribution in [1.82, 2.24) is 80.0 Å². The van der Waals surface area contributed by atoms with E-state index in [1.165, 1.54) is 25.7 Å². The monoisotopic (exact) mass is 2080 g/mol. The maximum absolute atomic E-state index is 6.64. The van der Waals surface area contributed by atoms with Crippen LogP contribution in [0.1, 0.15) is 510 Å². The maximum atomic E-state index is 6.64. The molecular formula is C120H233N23O5. The number of hydroxylamine groups is 10. The Hall–Kier alpha value is -4.85. The van der Waals surface area contributed by atoms with Crippen LogP contribution in [-0.4, -0.2) is 291 Å². The molecule has 5 fully saturated rings. The molecule has 0 atom stereocenters. The van der Waals surface area contributed by atoms with Crippen LogP contribution in [0.25, 0.3) is 0 Å². The lowest BCUT2D eigenvalue weighted by atomic mass is 9.78. The van der Waals surface area contributed by atoms with Crippen LogP contribution in [0.2, 0.25) is 0 Å². The van der Waals surface area contributed by atoms with Gasteiger partial charge in [0.1, 0.15) is 11.6 Å². The van der Waals surface area contributed by atoms with Gasteiger partial charge in [0.25, 0.3) is 0 Å². The lowest BCUT2D eigenvalue weighted by Crippen LogP contribution is -2.64. The summed E-state index contributed by atoms with van der Waals surface area (Å²) < 4.78 is 0. The van der Waals surface area contributed by atoms with Gasteiger partial charge in [-0.25, -0.2) is 0 Å². The minimum absolute atomic E-state index is 0.00731. The predicted octanol–water partition coefficient (Wildman–Crippen LogP) is 27.5. The summed E-state index contributed by atoms with van der Waals surface area (Å²) in [6.07, 6.45) is 44.4. The summed E-state index contributed by atoms with van der Waals surface area (Å²) in [7, 11) is 2.36. The van der Waals surface area contributed by atoms with E-state index < -0.39 is 0 Å². The lowest BCUT2D eigenvalue weighted by molar-refractivity contribution is -0.288. The van der Waals surface area contributed by atoms with Gasteiger partial charge in [-0.05, 0) is 345 Å². The molecule has 5 saturated heterocycles. The number of hydrogen-bond acceptors (Lipinski definition) is 28. The van der Waals surface area contributed by atoms with Crippen LogP contribution in [0, 0.1) is 6.92 Å². The van der Waals surface area contributed by atoms with Crippen molar-refractivity contribution in [3.8, 4) is 0 Å². The van der Waals surface area contributed by atoms with E-state index in [1.54, 1.807) is 0 Å². The second-order valence-electron chi connectivity index (χ2n) is 51.6. The lowest BCUT2D eigenvalue weighted by Gasteiger charge is -2.56. The summed E-state index contributed by atoms with van der Waals surface area (Å²) >= 11 is 0. The molecule has 0 radical (unpaired) electrons. The topological polar surface area (TPSA) is 208 Å². The smallest absolute Gasteiger partial charge is 0.232 e. The van der Waals surface area contributed by atoms with Crippen LogP contribution in [0.15, 0.2) is 0 Å². The molecule has 28 heteroatoms. The number of anilines is 7. The van der Waals surface area contributed by atoms with Crippen LogP contribution in [0.5, 0.6) is 0 Å². The van der Waals surface area contributed by atoms with Crippen LogP contribution < -0.4 is 34.3 Å². The van der Waals surface area contributed by atoms with Crippen molar-refractivity contribution in [3.05, 3.63) is 11.6 Å². The van der Waals surface area contributed by atoms with Crippen molar-refractivity contribution in [3.63, 3.8) is 0 Å². The van der Waals surface area contributed by atoms with Crippen LogP contribution in [-0.2, 0) is 30.7 Å². The standard InChI is InChI=1S/C69H132N14O3.C51H101N9O2/c1-22-30-39-76(40-31-23-2)59-72-60(77(41-32-24-3)42-33-25-4)74-63(73-59)80(58-53-68(18,19)83(86-48-29-8)69(20,21)54-58)45-38-36-35-37-44-79(57-51-66(14,15)82(85-47-28-7)67(16,17)52-57)62-71-55(9)70-61(75-62)78(43-34-26-5)56-49-64(10,11)81(84-46-27-6)65(12,13)50-56;1-16-22-31-56(32-23-17-2)46-52-45(53-47(54-46)57(33-24-18-3)34-25-19-4)42-58(44-40-50(11,12)60(62-37-21-6)51(13,14)41-44)35-29-27-26-28-30-55(15)43-38-48(7,8)59(61-36-20-5)49(9,10)39-43/h56-58H,22-54H2,1-21H3;43-44H,16-42H2,1-15H3. The summed E-state index contributed by atoms with van der Waals surface area (Å²) in [4.78, 5) is 105. The van der Waals surface area contributed by atoms with Gasteiger partial charge in [0, 0.05) is 158 Å². The molecule has 3 aromatic rings. The first-order valence-corrected chi connectivity index (χ1v) is 61.2. The molecule has 5 aliphatic rings. The maximum Gasteiger partial charge on any atom is 0.232 e. The average molecular weight is 2080 g/mol. The van der Waals surface area contributed by atoms with Crippen molar-refractivity contribution in [2.75, 3.05) is 159 Å². The van der Waals surface area contributed by atoms with Gasteiger partial charge in [0.05, 0.1) is 39.6 Å². The van der Waals surface area contributed by atoms with E-state index in [0.717, 1.165) is 409 Å². The number of hydrogen-bond donors (Lipinski definition) is 0. The number of aromatic nitrogens is 9. The average Bonchev–Trinajstić information content (AvgIpc) is 0.785. The molecule has 858 valence electrons. The minimum Gasteiger partial charge on any atom is -0.341 e. The summed E-state index contributed by atoms with van der Waals surface area (Å²) in [5.74, 6) is 7.59. The van der Waals surface area contributed by atoms with Crippen LogP contribution >= 0.6 is 0 Å². The van der Waals surface area contributed by atoms with Gasteiger partial charge in [-0.1, -0.05) is 180 Å². The van der Waals surface area contributed by atoms with Gasteiger partial charge in [0.15, 0.2) is 0 Å². The summed E-state index contributed by atoms with van der Waals surface area (Å²) in [6, 6.07) is 1.59. The molecule has 0 amide bonds. The largest absolute Gasteiger partial charge is 0.341 e. The van der Waals surface area contributed by atoms with Gasteiger partial charge >= 0.3 is 0 Å². The first-order chi connectivity index (χ1) is 70.1. The van der Waals surface area contributed by atoms with Crippen molar-refractivity contribution in [2.24, 2.45) is 0 Å². The second kappa shape index (κ2) is 62.3. The zero-order valence-corrected chi connectivity index (χ0v) is 103. The first-order valence-electron chi connectivity index (χ1n) is 61.2. The highest BCUT2D eigenvalue weighted by molar-refractivity contribution is 5.49. The minimum atomic E-state index is -0.214. The van der Waals surface area contributed by atoms with E-state index in [1.807, 2.05) is 0 Å². The highest BCUT2D eigenvalue weighted by Gasteiger charge is 2.55. The van der Waals surface area contributed by atoms with Crippen LogP contribution in [0.3, 0.4) is 0 Å². The third-order valence-electron chi connectivity index (χ3n) is 31.9. The predicted molar refractivity (Wildman–Crippen MR) is 626 cm³/mol. The molecule has 8 heterocycles. The van der Waals surface area contributed by atoms with Crippen molar-refractivity contribution < 1.29 is 24.2 Å². The molecule has 148 heavy (non-hydrogen) atoms. The Bertz CT molecular complexity index is 3930. The number of rotatable bonds is 70. The van der Waals surface area contributed by atoms with Crippen molar-refractivity contribution in [2.45, 2.75) is 598 Å². The first kappa shape index (κ1) is 130. The van der Waals surface area contributed by atoms with Crippen LogP contribution in [0.4, 0.5) is 41.6 Å². The Morgan fingerprint density at radius 1 is 0.216 bits per heavy atom. The fourth-order valence-corrected chi connectivity index (χ4v) is 25.6. The molecule has 3 aromatic heterocycles. The van der Waals surface area contributed by atoms with E-state index in [9.17, 15) is 0 Å². The van der Waals surface area contributed by atoms with E-state index in [-0.39, 0.29) is 73.5 Å². The molecular weight excluding hydrogens is 1840 g/mol. The Morgan fingerprint density at radius 3 is 0.662 bits per heavy atom. The molecule has 0 spiro atoms. The third-order valence-corrected chi connectivity index (χ3v) is 31.9. The molecule has 0 bridgehead atoms. The highest BCUT2D eigenvalue weighted by Crippen LogP contribution is 2.49. The second-order valence-corrected chi connectivity index (χ2v) is 51.6. The third kappa shape index (κ3) is 38.8. The number of nitrogens with zero attached hydrogens (tertiary/aromatic N) is 23. The Balaban J connectivity index is 0.000000423. The summed E-state index contributed by atoms with van der Waals surface area (Å²) in [6.45, 7) is 98.0. The van der Waals surface area contributed by atoms with E-state index in [4.69, 9.17) is 69.0 Å². The van der Waals surface area contributed by atoms with Crippen molar-refractivity contribution in [1.29, 1.82) is 0 Å². The molecule has 0 N–H and O–H groups in total. The molecule has 8 rings (SSSR count). The number of aryl methyl sites for hydroxylation is 1. The zero-order valence-electron chi connectivity index (χ0n) is 103. The zero-order chi connectivity index (χ0) is 109. The fraction of sp³-hybridized carbons (Fsp3) is 0.925. The number of unbranched alkanes of at least 4 members (excludes halogenated alkanes) is 15. The van der Waals surface area contributed by atoms with Gasteiger partial charge in [0.2, 0.25) is 41.6 Å². The summed E-state index contributed by atoms with van der Waals surface area (Å²) in [5, 5.41) is 11.6. The Kier molecular flexibility index (Phi) is 54.8. The molecule has 0 aliphatic carbocycles. The molecule has 0 aromatic carbocycles. The fourth-order valence-electron chi connectivity index (χ4n) is 25.6. The quantitative estimate of drug-likeness (QED) is 0.0481. The summed E-state index contributed by atoms with van der Waals surface area (Å²) in [5.41, 5.74) is -1.39. The Labute approximate surface area is 909 Å². The Morgan fingerprint density at radius 2 is 0.412 bits per heavy atom. The van der Waals surface area contributed by atoms with Gasteiger partial charge in [-0.3, -0.25) is 29.1 Å².